The summed E-state index contributed by atoms with van der Waals surface area (Å²) in [5, 5.41) is 0. The van der Waals surface area contributed by atoms with Crippen molar-refractivity contribution >= 4 is 17.2 Å². The SMILES string of the molecule is Cc1ccc(CCN2C(=O)CCC2F)s1. The summed E-state index contributed by atoms with van der Waals surface area (Å²) >= 11 is 1.71. The van der Waals surface area contributed by atoms with Crippen LogP contribution in [-0.2, 0) is 11.2 Å². The monoisotopic (exact) mass is 227 g/mol. The molecule has 2 nitrogen and oxygen atoms in total. The summed E-state index contributed by atoms with van der Waals surface area (Å²) in [5.74, 6) is -0.0456. The van der Waals surface area contributed by atoms with Crippen LogP contribution in [0.5, 0.6) is 0 Å². The normalized spacial score (nSPS) is 21.3. The van der Waals surface area contributed by atoms with E-state index in [9.17, 15) is 9.18 Å². The van der Waals surface area contributed by atoms with Crippen LogP contribution >= 0.6 is 11.3 Å². The number of aryl methyl sites for hydroxylation is 1. The number of amides is 1. The van der Waals surface area contributed by atoms with Crippen LogP contribution < -0.4 is 0 Å². The third kappa shape index (κ3) is 2.37. The van der Waals surface area contributed by atoms with Crippen LogP contribution in [0.3, 0.4) is 0 Å². The number of hydrogen-bond acceptors (Lipinski definition) is 2. The molecule has 0 aliphatic carbocycles. The summed E-state index contributed by atoms with van der Waals surface area (Å²) in [7, 11) is 0. The van der Waals surface area contributed by atoms with Gasteiger partial charge in [-0.05, 0) is 25.5 Å². The number of rotatable bonds is 3. The minimum Gasteiger partial charge on any atom is -0.312 e. The Bertz CT molecular complexity index is 363. The Labute approximate surface area is 92.7 Å². The molecular formula is C11H14FNOS. The Morgan fingerprint density at radius 1 is 1.60 bits per heavy atom. The lowest BCUT2D eigenvalue weighted by Gasteiger charge is -2.17. The quantitative estimate of drug-likeness (QED) is 0.727. The molecule has 0 saturated carbocycles. The lowest BCUT2D eigenvalue weighted by Crippen LogP contribution is -2.31. The minimum absolute atomic E-state index is 0.0456. The molecule has 1 unspecified atom stereocenters. The fraction of sp³-hybridized carbons (Fsp3) is 0.545. The molecule has 0 N–H and O–H groups in total. The van der Waals surface area contributed by atoms with E-state index in [4.69, 9.17) is 0 Å². The molecule has 2 heterocycles. The highest BCUT2D eigenvalue weighted by atomic mass is 32.1. The van der Waals surface area contributed by atoms with Gasteiger partial charge in [-0.1, -0.05) is 0 Å². The number of alkyl halides is 1. The van der Waals surface area contributed by atoms with Gasteiger partial charge in [0.2, 0.25) is 5.91 Å². The highest BCUT2D eigenvalue weighted by molar-refractivity contribution is 7.11. The fourth-order valence-corrected chi connectivity index (χ4v) is 2.69. The van der Waals surface area contributed by atoms with Gasteiger partial charge in [0.25, 0.3) is 0 Å². The molecule has 2 rings (SSSR count). The number of nitrogens with zero attached hydrogens (tertiary/aromatic N) is 1. The Morgan fingerprint density at radius 2 is 2.40 bits per heavy atom. The molecule has 1 amide bonds. The molecule has 1 aromatic rings. The molecule has 1 saturated heterocycles. The van der Waals surface area contributed by atoms with E-state index in [-0.39, 0.29) is 5.91 Å². The summed E-state index contributed by atoms with van der Waals surface area (Å²) in [5.41, 5.74) is 0. The van der Waals surface area contributed by atoms with Gasteiger partial charge in [0, 0.05) is 29.1 Å². The predicted octanol–water partition coefficient (Wildman–Crippen LogP) is 2.52. The molecule has 1 atom stereocenters. The Morgan fingerprint density at radius 3 is 2.93 bits per heavy atom. The van der Waals surface area contributed by atoms with Gasteiger partial charge < -0.3 is 4.90 Å². The molecule has 0 spiro atoms. The topological polar surface area (TPSA) is 20.3 Å². The highest BCUT2D eigenvalue weighted by Gasteiger charge is 2.29. The van der Waals surface area contributed by atoms with Gasteiger partial charge in [-0.25, -0.2) is 4.39 Å². The van der Waals surface area contributed by atoms with E-state index in [1.807, 2.05) is 13.0 Å². The smallest absolute Gasteiger partial charge is 0.225 e. The van der Waals surface area contributed by atoms with Gasteiger partial charge in [0.1, 0.15) is 0 Å². The minimum atomic E-state index is -1.06. The largest absolute Gasteiger partial charge is 0.312 e. The van der Waals surface area contributed by atoms with Crippen molar-refractivity contribution in [1.82, 2.24) is 4.90 Å². The predicted molar refractivity (Wildman–Crippen MR) is 58.6 cm³/mol. The van der Waals surface area contributed by atoms with Crippen LogP contribution in [-0.4, -0.2) is 23.6 Å². The fourth-order valence-electron chi connectivity index (χ4n) is 1.81. The number of halogens is 1. The lowest BCUT2D eigenvalue weighted by atomic mass is 10.3. The summed E-state index contributed by atoms with van der Waals surface area (Å²) in [6.07, 6.45) is 0.441. The van der Waals surface area contributed by atoms with Gasteiger partial charge in [0.15, 0.2) is 6.30 Å². The van der Waals surface area contributed by atoms with Gasteiger partial charge in [-0.3, -0.25) is 4.79 Å². The van der Waals surface area contributed by atoms with Crippen molar-refractivity contribution in [1.29, 1.82) is 0 Å². The summed E-state index contributed by atoms with van der Waals surface area (Å²) in [4.78, 5) is 15.1. The Kier molecular flexibility index (Phi) is 3.05. The molecule has 0 aromatic carbocycles. The zero-order chi connectivity index (χ0) is 10.8. The molecular weight excluding hydrogens is 213 g/mol. The molecule has 82 valence electrons. The number of hydrogen-bond donors (Lipinski definition) is 0. The van der Waals surface area contributed by atoms with Crippen LogP contribution in [0.2, 0.25) is 0 Å². The van der Waals surface area contributed by atoms with E-state index in [2.05, 4.69) is 6.07 Å². The van der Waals surface area contributed by atoms with Crippen molar-refractivity contribution < 1.29 is 9.18 Å². The summed E-state index contributed by atoms with van der Waals surface area (Å²) < 4.78 is 13.3. The zero-order valence-corrected chi connectivity index (χ0v) is 9.52. The van der Waals surface area contributed by atoms with E-state index in [1.54, 1.807) is 11.3 Å². The van der Waals surface area contributed by atoms with E-state index in [0.29, 0.717) is 19.4 Å². The van der Waals surface area contributed by atoms with Crippen LogP contribution in [0, 0.1) is 6.92 Å². The maximum atomic E-state index is 13.3. The van der Waals surface area contributed by atoms with Crippen LogP contribution in [0.1, 0.15) is 22.6 Å². The highest BCUT2D eigenvalue weighted by Crippen LogP contribution is 2.21. The second kappa shape index (κ2) is 4.31. The number of likely N-dealkylation sites (tertiary alicyclic amines) is 1. The van der Waals surface area contributed by atoms with Crippen molar-refractivity contribution in [3.8, 4) is 0 Å². The Balaban J connectivity index is 1.90. The van der Waals surface area contributed by atoms with Gasteiger partial charge >= 0.3 is 0 Å². The first kappa shape index (κ1) is 10.6. The number of carbonyl (C=O) groups excluding carboxylic acids is 1. The molecule has 0 bridgehead atoms. The van der Waals surface area contributed by atoms with Crippen molar-refractivity contribution in [2.45, 2.75) is 32.5 Å². The lowest BCUT2D eigenvalue weighted by molar-refractivity contribution is -0.130. The zero-order valence-electron chi connectivity index (χ0n) is 8.70. The van der Waals surface area contributed by atoms with E-state index >= 15 is 0 Å². The van der Waals surface area contributed by atoms with Gasteiger partial charge in [-0.2, -0.15) is 0 Å². The summed E-state index contributed by atoms with van der Waals surface area (Å²) in [6, 6.07) is 4.10. The van der Waals surface area contributed by atoms with Crippen molar-refractivity contribution in [3.63, 3.8) is 0 Å². The van der Waals surface area contributed by atoms with Gasteiger partial charge in [0.05, 0.1) is 0 Å². The van der Waals surface area contributed by atoms with Crippen molar-refractivity contribution in [3.05, 3.63) is 21.9 Å². The molecule has 1 aromatic heterocycles. The van der Waals surface area contributed by atoms with E-state index in [0.717, 1.165) is 6.42 Å². The molecule has 1 aliphatic heterocycles. The molecule has 1 fully saturated rings. The molecule has 15 heavy (non-hydrogen) atoms. The molecule has 4 heteroatoms. The number of thiophene rings is 1. The molecule has 0 radical (unpaired) electrons. The molecule has 1 aliphatic rings. The average Bonchev–Trinajstić information content (AvgIpc) is 2.73. The first-order valence-corrected chi connectivity index (χ1v) is 5.97. The third-order valence-electron chi connectivity index (χ3n) is 2.65. The first-order valence-electron chi connectivity index (χ1n) is 5.15. The second-order valence-electron chi connectivity index (χ2n) is 3.82. The maximum Gasteiger partial charge on any atom is 0.225 e. The average molecular weight is 227 g/mol. The van der Waals surface area contributed by atoms with Crippen LogP contribution in [0.25, 0.3) is 0 Å². The first-order chi connectivity index (χ1) is 7.16. The Hall–Kier alpha value is -0.900. The van der Waals surface area contributed by atoms with E-state index in [1.165, 1.54) is 14.7 Å². The summed E-state index contributed by atoms with van der Waals surface area (Å²) in [6.45, 7) is 2.56. The van der Waals surface area contributed by atoms with Crippen LogP contribution in [0.15, 0.2) is 12.1 Å². The van der Waals surface area contributed by atoms with Crippen molar-refractivity contribution in [2.24, 2.45) is 0 Å². The van der Waals surface area contributed by atoms with E-state index < -0.39 is 6.30 Å². The number of carbonyl (C=O) groups is 1. The van der Waals surface area contributed by atoms with Crippen LogP contribution in [0.4, 0.5) is 4.39 Å². The standard InChI is InChI=1S/C11H14FNOS/c1-8-2-3-9(15-8)6-7-13-10(12)4-5-11(13)14/h2-3,10H,4-7H2,1H3. The third-order valence-corrected chi connectivity index (χ3v) is 3.71. The van der Waals surface area contributed by atoms with Gasteiger partial charge in [-0.15, -0.1) is 11.3 Å². The maximum absolute atomic E-state index is 13.3. The second-order valence-corrected chi connectivity index (χ2v) is 5.20. The van der Waals surface area contributed by atoms with Crippen molar-refractivity contribution in [2.75, 3.05) is 6.54 Å².